The Bertz CT molecular complexity index is 1090. The molecule has 0 aliphatic heterocycles. The van der Waals surface area contributed by atoms with Crippen LogP contribution in [-0.4, -0.2) is 26.6 Å². The minimum absolute atomic E-state index is 0.0909. The number of ether oxygens (including phenoxy) is 1. The van der Waals surface area contributed by atoms with Gasteiger partial charge >= 0.3 is 6.01 Å². The smallest absolute Gasteiger partial charge is 0.321 e. The molecule has 1 N–H and O–H groups in total. The summed E-state index contributed by atoms with van der Waals surface area (Å²) >= 11 is 1.47. The number of anilines is 1. The van der Waals surface area contributed by atoms with E-state index in [1.807, 2.05) is 30.3 Å². The molecule has 4 aromatic rings. The van der Waals surface area contributed by atoms with E-state index >= 15 is 0 Å². The molecule has 2 heterocycles. The van der Waals surface area contributed by atoms with Crippen molar-refractivity contribution in [2.24, 2.45) is 0 Å². The third-order valence-corrected chi connectivity index (χ3v) is 4.91. The largest absolute Gasteiger partial charge is 0.444 e. The molecule has 2 aromatic carbocycles. The highest BCUT2D eigenvalue weighted by Gasteiger charge is 2.08. The molecule has 7 nitrogen and oxygen atoms in total. The van der Waals surface area contributed by atoms with E-state index in [0.717, 1.165) is 11.3 Å². The second-order valence-corrected chi connectivity index (χ2v) is 7.19. The lowest BCUT2D eigenvalue weighted by Crippen LogP contribution is -2.14. The first kappa shape index (κ1) is 19.7. The number of nitrogens with zero attached hydrogens (tertiary/aromatic N) is 3. The van der Waals surface area contributed by atoms with Crippen molar-refractivity contribution in [1.82, 2.24) is 15.0 Å². The van der Waals surface area contributed by atoms with Crippen LogP contribution in [0.25, 0.3) is 11.5 Å². The van der Waals surface area contributed by atoms with Gasteiger partial charge in [0.25, 0.3) is 0 Å². The number of hydrogen-bond acceptors (Lipinski definition) is 7. The molecule has 0 aliphatic rings. The van der Waals surface area contributed by atoms with Crippen molar-refractivity contribution in [2.75, 3.05) is 11.1 Å². The van der Waals surface area contributed by atoms with Gasteiger partial charge in [-0.1, -0.05) is 18.2 Å². The summed E-state index contributed by atoms with van der Waals surface area (Å²) < 4.78 is 11.0. The Hall–Kier alpha value is -3.65. The zero-order valence-corrected chi connectivity index (χ0v) is 16.7. The van der Waals surface area contributed by atoms with Crippen LogP contribution in [0.2, 0.25) is 0 Å². The van der Waals surface area contributed by atoms with Crippen molar-refractivity contribution in [1.29, 1.82) is 0 Å². The van der Waals surface area contributed by atoms with Crippen LogP contribution in [0.3, 0.4) is 0 Å². The Balaban J connectivity index is 1.23. The van der Waals surface area contributed by atoms with Crippen molar-refractivity contribution in [3.63, 3.8) is 0 Å². The maximum Gasteiger partial charge on any atom is 0.321 e. The molecule has 0 atom stereocenters. The fourth-order valence-electron chi connectivity index (χ4n) is 2.58. The predicted molar refractivity (Wildman–Crippen MR) is 115 cm³/mol. The van der Waals surface area contributed by atoms with Crippen molar-refractivity contribution in [3.05, 3.63) is 85.0 Å². The SMILES string of the molecule is O=C(CSCc1coc(-c2ccccc2)n1)Nc1ccc(Oc2ncccn2)cc1. The number of carbonyl (C=O) groups is 1. The van der Waals surface area contributed by atoms with Crippen molar-refractivity contribution in [3.8, 4) is 23.2 Å². The summed E-state index contributed by atoms with van der Waals surface area (Å²) in [5.41, 5.74) is 2.42. The van der Waals surface area contributed by atoms with Crippen LogP contribution in [0.5, 0.6) is 11.8 Å². The summed E-state index contributed by atoms with van der Waals surface area (Å²) in [5.74, 6) is 1.98. The van der Waals surface area contributed by atoms with Gasteiger partial charge < -0.3 is 14.5 Å². The van der Waals surface area contributed by atoms with Crippen molar-refractivity contribution >= 4 is 23.4 Å². The van der Waals surface area contributed by atoms with Gasteiger partial charge in [-0.15, -0.1) is 11.8 Å². The fraction of sp³-hybridized carbons (Fsp3) is 0.0909. The maximum atomic E-state index is 12.2. The van der Waals surface area contributed by atoms with Gasteiger partial charge in [-0.3, -0.25) is 4.79 Å². The van der Waals surface area contributed by atoms with Gasteiger partial charge in [0.1, 0.15) is 12.0 Å². The Labute approximate surface area is 177 Å². The van der Waals surface area contributed by atoms with E-state index in [1.54, 1.807) is 49.0 Å². The number of thioether (sulfide) groups is 1. The standard InChI is InChI=1S/C22H18N4O3S/c27-20(15-30-14-18-13-28-21(26-18)16-5-2-1-3-6-16)25-17-7-9-19(10-8-17)29-22-23-11-4-12-24-22/h1-13H,14-15H2,(H,25,27). The minimum atomic E-state index is -0.0909. The van der Waals surface area contributed by atoms with Crippen molar-refractivity contribution in [2.45, 2.75) is 5.75 Å². The van der Waals surface area contributed by atoms with Crippen molar-refractivity contribution < 1.29 is 13.9 Å². The number of amides is 1. The first-order chi connectivity index (χ1) is 14.8. The first-order valence-electron chi connectivity index (χ1n) is 9.18. The highest BCUT2D eigenvalue weighted by atomic mass is 32.2. The highest BCUT2D eigenvalue weighted by molar-refractivity contribution is 7.99. The van der Waals surface area contributed by atoms with Gasteiger partial charge in [0.15, 0.2) is 0 Å². The van der Waals surface area contributed by atoms with Crippen LogP contribution in [0.1, 0.15) is 5.69 Å². The molecule has 8 heteroatoms. The number of hydrogen-bond donors (Lipinski definition) is 1. The molecule has 0 radical (unpaired) electrons. The molecule has 0 saturated carbocycles. The van der Waals surface area contributed by atoms with E-state index < -0.39 is 0 Å². The topological polar surface area (TPSA) is 90.1 Å². The monoisotopic (exact) mass is 418 g/mol. The average Bonchev–Trinajstić information content (AvgIpc) is 3.25. The summed E-state index contributed by atoms with van der Waals surface area (Å²) in [7, 11) is 0. The lowest BCUT2D eigenvalue weighted by molar-refractivity contribution is -0.113. The lowest BCUT2D eigenvalue weighted by atomic mass is 10.2. The second kappa shape index (κ2) is 9.71. The van der Waals surface area contributed by atoms with Gasteiger partial charge in [-0.05, 0) is 42.5 Å². The molecule has 0 aliphatic carbocycles. The molecule has 0 fully saturated rings. The zero-order chi connectivity index (χ0) is 20.6. The fourth-order valence-corrected chi connectivity index (χ4v) is 3.28. The molecule has 0 spiro atoms. The zero-order valence-electron chi connectivity index (χ0n) is 15.9. The van der Waals surface area contributed by atoms with Gasteiger partial charge in [-0.25, -0.2) is 15.0 Å². The molecule has 30 heavy (non-hydrogen) atoms. The lowest BCUT2D eigenvalue weighted by Gasteiger charge is -2.07. The summed E-state index contributed by atoms with van der Waals surface area (Å²) in [6, 6.07) is 18.7. The number of aromatic nitrogens is 3. The highest BCUT2D eigenvalue weighted by Crippen LogP contribution is 2.22. The van der Waals surface area contributed by atoms with Gasteiger partial charge in [-0.2, -0.15) is 0 Å². The Morgan fingerprint density at radius 1 is 1.00 bits per heavy atom. The Kier molecular flexibility index (Phi) is 6.36. The summed E-state index contributed by atoms with van der Waals surface area (Å²) in [6.45, 7) is 0. The maximum absolute atomic E-state index is 12.2. The molecule has 2 aromatic heterocycles. The van der Waals surface area contributed by atoms with E-state index in [4.69, 9.17) is 9.15 Å². The number of benzene rings is 2. The van der Waals surface area contributed by atoms with E-state index in [0.29, 0.717) is 28.8 Å². The molecular weight excluding hydrogens is 400 g/mol. The third kappa shape index (κ3) is 5.45. The number of nitrogens with one attached hydrogen (secondary N) is 1. The van der Waals surface area contributed by atoms with Gasteiger partial charge in [0.05, 0.1) is 11.4 Å². The van der Waals surface area contributed by atoms with Crippen LogP contribution in [0, 0.1) is 0 Å². The minimum Gasteiger partial charge on any atom is -0.444 e. The molecule has 0 unspecified atom stereocenters. The molecular formula is C22H18N4O3S. The number of rotatable bonds is 8. The van der Waals surface area contributed by atoms with Gasteiger partial charge in [0, 0.05) is 29.4 Å². The molecule has 4 rings (SSSR count). The number of carbonyl (C=O) groups excluding carboxylic acids is 1. The molecule has 150 valence electrons. The predicted octanol–water partition coefficient (Wildman–Crippen LogP) is 4.80. The van der Waals surface area contributed by atoms with E-state index in [9.17, 15) is 4.79 Å². The summed E-state index contributed by atoms with van der Waals surface area (Å²) in [5, 5.41) is 2.86. The van der Waals surface area contributed by atoms with E-state index in [2.05, 4.69) is 20.3 Å². The van der Waals surface area contributed by atoms with Crippen LogP contribution in [0.15, 0.2) is 83.7 Å². The quantitative estimate of drug-likeness (QED) is 0.440. The van der Waals surface area contributed by atoms with E-state index in [-0.39, 0.29) is 11.9 Å². The Morgan fingerprint density at radius 3 is 2.53 bits per heavy atom. The van der Waals surface area contributed by atoms with Crippen LogP contribution in [-0.2, 0) is 10.5 Å². The van der Waals surface area contributed by atoms with Crippen LogP contribution >= 0.6 is 11.8 Å². The molecule has 1 amide bonds. The summed E-state index contributed by atoms with van der Waals surface area (Å²) in [4.78, 5) is 24.6. The number of oxazole rings is 1. The summed E-state index contributed by atoms with van der Waals surface area (Å²) in [6.07, 6.45) is 4.84. The van der Waals surface area contributed by atoms with Gasteiger partial charge in [0.2, 0.25) is 11.8 Å². The third-order valence-electron chi connectivity index (χ3n) is 3.94. The molecule has 0 bridgehead atoms. The first-order valence-corrected chi connectivity index (χ1v) is 10.3. The van der Waals surface area contributed by atoms with Crippen LogP contribution < -0.4 is 10.1 Å². The Morgan fingerprint density at radius 2 is 1.77 bits per heavy atom. The normalized spacial score (nSPS) is 10.5. The van der Waals surface area contributed by atoms with Crippen LogP contribution in [0.4, 0.5) is 5.69 Å². The second-order valence-electron chi connectivity index (χ2n) is 6.21. The molecule has 0 saturated heterocycles. The average molecular weight is 418 g/mol. The van der Waals surface area contributed by atoms with E-state index in [1.165, 1.54) is 11.8 Å².